The molecule has 0 saturated heterocycles. The molecule has 0 aromatic rings. The van der Waals surface area contributed by atoms with E-state index in [1.807, 2.05) is 4.90 Å². The number of aliphatic hydroxyl groups is 6. The third-order valence-electron chi connectivity index (χ3n) is 2.88. The van der Waals surface area contributed by atoms with E-state index in [0.29, 0.717) is 25.9 Å². The summed E-state index contributed by atoms with van der Waals surface area (Å²) in [7, 11) is 1.77. The van der Waals surface area contributed by atoms with Gasteiger partial charge in [-0.3, -0.25) is 0 Å². The summed E-state index contributed by atoms with van der Waals surface area (Å²) in [5.74, 6) is 0. The van der Waals surface area contributed by atoms with Gasteiger partial charge >= 0.3 is 0 Å². The monoisotopic (exact) mass is 267 g/mol. The molecular formula is C11H25NO6. The Morgan fingerprint density at radius 3 is 1.33 bits per heavy atom. The molecule has 0 aliphatic carbocycles. The van der Waals surface area contributed by atoms with E-state index in [1.165, 1.54) is 0 Å². The molecule has 6 N–H and O–H groups in total. The number of nitrogens with zero attached hydrogens (tertiary/aromatic N) is 1. The van der Waals surface area contributed by atoms with Crippen LogP contribution in [-0.2, 0) is 0 Å². The summed E-state index contributed by atoms with van der Waals surface area (Å²) >= 11 is 0. The zero-order chi connectivity index (χ0) is 14.1. The highest BCUT2D eigenvalue weighted by Gasteiger charge is 2.17. The van der Waals surface area contributed by atoms with Crippen molar-refractivity contribution in [3.8, 4) is 0 Å². The van der Waals surface area contributed by atoms with Gasteiger partial charge in [0.25, 0.3) is 0 Å². The Morgan fingerprint density at radius 2 is 1.06 bits per heavy atom. The van der Waals surface area contributed by atoms with Crippen LogP contribution in [0.15, 0.2) is 0 Å². The van der Waals surface area contributed by atoms with Crippen LogP contribution in [0.3, 0.4) is 0 Å². The fourth-order valence-electron chi connectivity index (χ4n) is 1.45. The second kappa shape index (κ2) is 9.62. The Labute approximate surface area is 107 Å². The summed E-state index contributed by atoms with van der Waals surface area (Å²) in [6.45, 7) is 0.0128. The van der Waals surface area contributed by atoms with Crippen LogP contribution in [0.25, 0.3) is 0 Å². The number of hydrogen-bond acceptors (Lipinski definition) is 7. The summed E-state index contributed by atoms with van der Waals surface area (Å²) in [6.07, 6.45) is -3.63. The average molecular weight is 267 g/mol. The third-order valence-corrected chi connectivity index (χ3v) is 2.88. The summed E-state index contributed by atoms with van der Waals surface area (Å²) in [5, 5.41) is 54.4. The minimum Gasteiger partial charge on any atom is -0.394 e. The lowest BCUT2D eigenvalue weighted by Gasteiger charge is -2.23. The molecule has 0 aromatic heterocycles. The van der Waals surface area contributed by atoms with E-state index < -0.39 is 37.6 Å². The Hall–Kier alpha value is -0.280. The normalized spacial score (nSPS) is 18.7. The maximum atomic E-state index is 9.41. The quantitative estimate of drug-likeness (QED) is 0.251. The fraction of sp³-hybridized carbons (Fsp3) is 1.00. The van der Waals surface area contributed by atoms with Gasteiger partial charge in [-0.25, -0.2) is 0 Å². The first-order chi connectivity index (χ1) is 8.42. The SMILES string of the molecule is CN(CC[C@@H](O)[C@@H](O)CO)CC[C@@H](O)[C@@H](O)CO. The summed E-state index contributed by atoms with van der Waals surface area (Å²) in [5.41, 5.74) is 0. The number of rotatable bonds is 10. The van der Waals surface area contributed by atoms with E-state index in [2.05, 4.69) is 0 Å². The molecule has 0 heterocycles. The Morgan fingerprint density at radius 1 is 0.722 bits per heavy atom. The molecule has 7 heteroatoms. The lowest BCUT2D eigenvalue weighted by atomic mass is 10.1. The molecule has 7 nitrogen and oxygen atoms in total. The van der Waals surface area contributed by atoms with Gasteiger partial charge in [-0.15, -0.1) is 0 Å². The van der Waals surface area contributed by atoms with Crippen molar-refractivity contribution in [2.45, 2.75) is 37.3 Å². The molecule has 0 radical (unpaired) electrons. The van der Waals surface area contributed by atoms with E-state index in [4.69, 9.17) is 20.4 Å². The largest absolute Gasteiger partial charge is 0.394 e. The molecule has 18 heavy (non-hydrogen) atoms. The molecule has 0 rings (SSSR count). The lowest BCUT2D eigenvalue weighted by Crippen LogP contribution is -2.36. The van der Waals surface area contributed by atoms with Gasteiger partial charge in [0.1, 0.15) is 12.2 Å². The van der Waals surface area contributed by atoms with E-state index in [-0.39, 0.29) is 0 Å². The predicted molar refractivity (Wildman–Crippen MR) is 64.9 cm³/mol. The first-order valence-electron chi connectivity index (χ1n) is 6.04. The average Bonchev–Trinajstić information content (AvgIpc) is 2.39. The molecule has 0 bridgehead atoms. The Kier molecular flexibility index (Phi) is 9.47. The molecule has 0 unspecified atom stereocenters. The summed E-state index contributed by atoms with van der Waals surface area (Å²) in [6, 6.07) is 0. The fourth-order valence-corrected chi connectivity index (χ4v) is 1.45. The Balaban J connectivity index is 3.74. The van der Waals surface area contributed by atoms with E-state index in [0.717, 1.165) is 0 Å². The highest BCUT2D eigenvalue weighted by Crippen LogP contribution is 2.03. The van der Waals surface area contributed by atoms with Crippen molar-refractivity contribution < 1.29 is 30.6 Å². The van der Waals surface area contributed by atoms with Crippen molar-refractivity contribution in [1.29, 1.82) is 0 Å². The topological polar surface area (TPSA) is 125 Å². The van der Waals surface area contributed by atoms with Crippen LogP contribution in [0.2, 0.25) is 0 Å². The number of hydrogen-bond donors (Lipinski definition) is 6. The van der Waals surface area contributed by atoms with Crippen LogP contribution in [0.5, 0.6) is 0 Å². The minimum atomic E-state index is -1.14. The summed E-state index contributed by atoms with van der Waals surface area (Å²) in [4.78, 5) is 1.82. The molecule has 0 amide bonds. The maximum absolute atomic E-state index is 9.41. The summed E-state index contributed by atoms with van der Waals surface area (Å²) < 4.78 is 0. The second-order valence-electron chi connectivity index (χ2n) is 4.52. The van der Waals surface area contributed by atoms with E-state index in [1.54, 1.807) is 7.05 Å². The smallest absolute Gasteiger partial charge is 0.103 e. The second-order valence-corrected chi connectivity index (χ2v) is 4.52. The molecule has 4 atom stereocenters. The van der Waals surface area contributed by atoms with Crippen molar-refractivity contribution in [2.75, 3.05) is 33.4 Å². The van der Waals surface area contributed by atoms with Crippen molar-refractivity contribution in [3.63, 3.8) is 0 Å². The molecular weight excluding hydrogens is 242 g/mol. The van der Waals surface area contributed by atoms with Gasteiger partial charge in [0.05, 0.1) is 25.4 Å². The zero-order valence-electron chi connectivity index (χ0n) is 10.7. The van der Waals surface area contributed by atoms with Crippen molar-refractivity contribution in [2.24, 2.45) is 0 Å². The lowest BCUT2D eigenvalue weighted by molar-refractivity contribution is -0.0266. The first-order valence-corrected chi connectivity index (χ1v) is 6.04. The maximum Gasteiger partial charge on any atom is 0.103 e. The van der Waals surface area contributed by atoms with Gasteiger partial charge in [-0.2, -0.15) is 0 Å². The first kappa shape index (κ1) is 17.7. The molecule has 0 saturated carbocycles. The van der Waals surface area contributed by atoms with Crippen LogP contribution in [0.4, 0.5) is 0 Å². The highest BCUT2D eigenvalue weighted by molar-refractivity contribution is 4.70. The number of aliphatic hydroxyl groups excluding tert-OH is 6. The molecule has 0 aliphatic rings. The predicted octanol–water partition coefficient (Wildman–Crippen LogP) is -2.87. The van der Waals surface area contributed by atoms with Crippen molar-refractivity contribution in [3.05, 3.63) is 0 Å². The minimum absolute atomic E-state index is 0.302. The van der Waals surface area contributed by atoms with Gasteiger partial charge in [0, 0.05) is 13.1 Å². The van der Waals surface area contributed by atoms with Crippen molar-refractivity contribution in [1.82, 2.24) is 4.90 Å². The molecule has 0 fully saturated rings. The van der Waals surface area contributed by atoms with Gasteiger partial charge in [0.2, 0.25) is 0 Å². The van der Waals surface area contributed by atoms with Crippen LogP contribution >= 0.6 is 0 Å². The van der Waals surface area contributed by atoms with E-state index in [9.17, 15) is 10.2 Å². The van der Waals surface area contributed by atoms with Crippen LogP contribution in [0, 0.1) is 0 Å². The molecule has 110 valence electrons. The molecule has 0 spiro atoms. The third kappa shape index (κ3) is 7.22. The van der Waals surface area contributed by atoms with Gasteiger partial charge in [-0.05, 0) is 19.9 Å². The van der Waals surface area contributed by atoms with Crippen LogP contribution < -0.4 is 0 Å². The van der Waals surface area contributed by atoms with Crippen molar-refractivity contribution >= 4 is 0 Å². The zero-order valence-corrected chi connectivity index (χ0v) is 10.7. The van der Waals surface area contributed by atoms with E-state index >= 15 is 0 Å². The molecule has 0 aliphatic heterocycles. The van der Waals surface area contributed by atoms with Crippen LogP contribution in [0.1, 0.15) is 12.8 Å². The van der Waals surface area contributed by atoms with Gasteiger partial charge < -0.3 is 35.5 Å². The highest BCUT2D eigenvalue weighted by atomic mass is 16.4. The van der Waals surface area contributed by atoms with Gasteiger partial charge in [-0.1, -0.05) is 0 Å². The van der Waals surface area contributed by atoms with Gasteiger partial charge in [0.15, 0.2) is 0 Å². The Bertz CT molecular complexity index is 186. The molecule has 0 aromatic carbocycles. The van der Waals surface area contributed by atoms with Crippen LogP contribution in [-0.4, -0.2) is 93.3 Å². The standard InChI is InChI=1S/C11H25NO6/c1-12(4-2-8(15)10(17)6-13)5-3-9(16)11(18)7-14/h8-11,13-18H,2-7H2,1H3/t8-,9-,10+,11+/m1/s1.